The zero-order valence-corrected chi connectivity index (χ0v) is 19.9. The second-order valence-corrected chi connectivity index (χ2v) is 6.36. The molecule has 4 rings (SSSR count). The molecule has 0 saturated carbocycles. The largest absolute Gasteiger partial charge is 0.459 e. The summed E-state index contributed by atoms with van der Waals surface area (Å²) in [5.41, 5.74) is 19.3. The van der Waals surface area contributed by atoms with Crippen molar-refractivity contribution in [1.29, 1.82) is 0 Å². The molecule has 0 aliphatic rings. The third kappa shape index (κ3) is 7.48. The van der Waals surface area contributed by atoms with Crippen LogP contribution in [0.25, 0.3) is 0 Å². The van der Waals surface area contributed by atoms with E-state index in [2.05, 4.69) is 41.2 Å². The van der Waals surface area contributed by atoms with Crippen LogP contribution < -0.4 is 54.2 Å². The van der Waals surface area contributed by atoms with E-state index in [-0.39, 0.29) is 0 Å². The fourth-order valence-electron chi connectivity index (χ4n) is 1.83. The van der Waals surface area contributed by atoms with Crippen molar-refractivity contribution >= 4 is 46.5 Å². The van der Waals surface area contributed by atoms with E-state index in [1.54, 1.807) is 14.1 Å². The highest BCUT2D eigenvalue weighted by Crippen LogP contribution is 2.26. The number of aromatic nitrogens is 12. The maximum absolute atomic E-state index is 10.1. The number of nitro groups is 4. The van der Waals surface area contributed by atoms with Gasteiger partial charge in [0, 0.05) is 9.58 Å². The van der Waals surface area contributed by atoms with Crippen LogP contribution in [-0.4, -0.2) is 60.3 Å². The first kappa shape index (κ1) is 31.0. The summed E-state index contributed by atoms with van der Waals surface area (Å²) in [5, 5.41) is 65.7. The van der Waals surface area contributed by atoms with E-state index in [4.69, 9.17) is 34.6 Å². The Morgan fingerprint density at radius 2 is 0.950 bits per heavy atom. The Hall–Kier alpha value is -7.04. The van der Waals surface area contributed by atoms with E-state index < -0.39 is 54.3 Å². The van der Waals surface area contributed by atoms with Gasteiger partial charge in [0.15, 0.2) is 11.4 Å². The number of hydrogen-bond acceptors (Lipinski definition) is 20. The summed E-state index contributed by atoms with van der Waals surface area (Å²) < 4.78 is 2.75. The van der Waals surface area contributed by atoms with Crippen LogP contribution in [0.3, 0.4) is 0 Å². The molecule has 0 atom stereocenters. The van der Waals surface area contributed by atoms with Gasteiger partial charge in [-0.25, -0.2) is 0 Å². The van der Waals surface area contributed by atoms with E-state index in [9.17, 15) is 40.5 Å². The Bertz CT molecular complexity index is 1300. The van der Waals surface area contributed by atoms with E-state index >= 15 is 0 Å². The highest BCUT2D eigenvalue weighted by molar-refractivity contribution is 5.64. The number of nitrogens with two attached hydrogens (primary N) is 6. The zero-order chi connectivity index (χ0) is 30.9. The fraction of sp³-hybridized carbons (Fsp3) is 0.200. The molecule has 0 aliphatic heterocycles. The Labute approximate surface area is 216 Å². The molecule has 12 N–H and O–H groups in total. The van der Waals surface area contributed by atoms with Crippen molar-refractivity contribution in [3.8, 4) is 0 Å². The lowest BCUT2D eigenvalue weighted by atomic mass is 10.5. The minimum Gasteiger partial charge on any atom is -0.459 e. The number of nitrogen functional groups attached to an aromatic ring is 6. The maximum Gasteiger partial charge on any atom is 0.417 e. The lowest BCUT2D eigenvalue weighted by Crippen LogP contribution is -2.34. The van der Waals surface area contributed by atoms with E-state index in [1.807, 2.05) is 0 Å². The second-order valence-electron chi connectivity index (χ2n) is 6.36. The van der Waals surface area contributed by atoms with Crippen LogP contribution in [-0.2, 0) is 14.1 Å². The van der Waals surface area contributed by atoms with Gasteiger partial charge < -0.3 is 63.4 Å². The molecule has 0 aromatic carbocycles. The van der Waals surface area contributed by atoms with Crippen molar-refractivity contribution in [3.63, 3.8) is 0 Å². The predicted octanol–water partition coefficient (Wildman–Crippen LogP) is -6.33. The molecule has 4 heterocycles. The molecule has 40 heavy (non-hydrogen) atoms. The molecule has 0 saturated heterocycles. The van der Waals surface area contributed by atoms with E-state index in [1.165, 1.54) is 9.36 Å². The molecular formula is C10H18N22O8. The Morgan fingerprint density at radius 1 is 0.650 bits per heavy atom. The molecule has 0 unspecified atom stereocenters. The first-order chi connectivity index (χ1) is 18.5. The van der Waals surface area contributed by atoms with Crippen molar-refractivity contribution in [3.05, 3.63) is 40.5 Å². The summed E-state index contributed by atoms with van der Waals surface area (Å²) in [5.74, 6) is 7.76. The molecule has 4 aromatic rings. The smallest absolute Gasteiger partial charge is 0.417 e. The zero-order valence-electron chi connectivity index (χ0n) is 19.9. The standard InChI is InChI=1S/2C3H2N5O4.2C2H6N6/c2*4-1-2(7(9)10)5-6-3(1)8(11)12;2*1-7-2(3)8(4)6-5-7/h2*4H2;2*3H,4H2,1H3/q2*-1;;/p+2. The van der Waals surface area contributed by atoms with Crippen LogP contribution in [0.1, 0.15) is 0 Å². The highest BCUT2D eigenvalue weighted by Gasteiger charge is 2.23. The number of nitrogens with zero attached hydrogens (tertiary/aromatic N) is 16. The average Bonchev–Trinajstić information content (AvgIpc) is 3.61. The van der Waals surface area contributed by atoms with E-state index in [0.717, 1.165) is 9.58 Å². The van der Waals surface area contributed by atoms with Crippen molar-refractivity contribution in [2.75, 3.05) is 34.6 Å². The number of tetrazole rings is 2. The molecule has 30 heteroatoms. The molecule has 0 fully saturated rings. The van der Waals surface area contributed by atoms with Gasteiger partial charge in [0.05, 0.1) is 34.7 Å². The summed E-state index contributed by atoms with van der Waals surface area (Å²) in [6.45, 7) is 0. The van der Waals surface area contributed by atoms with Gasteiger partial charge in [-0.3, -0.25) is 11.7 Å². The van der Waals surface area contributed by atoms with Crippen molar-refractivity contribution < 1.29 is 29.1 Å². The number of anilines is 4. The van der Waals surface area contributed by atoms with Gasteiger partial charge in [-0.2, -0.15) is 9.85 Å². The average molecular weight is 574 g/mol. The minimum atomic E-state index is -0.935. The predicted molar refractivity (Wildman–Crippen MR) is 122 cm³/mol. The molecule has 0 amide bonds. The molecule has 0 radical (unpaired) electrons. The number of aryl methyl sites for hydroxylation is 2. The van der Waals surface area contributed by atoms with Crippen molar-refractivity contribution in [2.45, 2.75) is 0 Å². The molecule has 0 bridgehead atoms. The Morgan fingerprint density at radius 3 is 1.05 bits per heavy atom. The maximum atomic E-state index is 10.1. The SMILES string of the molecule is C[n+]1nnn(N)c1N.C[n+]1nnn(N)c1N.Nc1c([N+](=O)[O-])n[n-]c1[N+](=O)[O-].Nc1c([N+](=O)[O-])n[n-]c1[N+](=O)[O-]. The Balaban J connectivity index is 0.000000271. The van der Waals surface area contributed by atoms with Crippen molar-refractivity contribution in [1.82, 2.24) is 50.8 Å². The van der Waals surface area contributed by atoms with Gasteiger partial charge in [0.25, 0.3) is 0 Å². The second kappa shape index (κ2) is 12.8. The minimum absolute atomic E-state index is 0.324. The molecule has 0 aliphatic carbocycles. The molecular weight excluding hydrogens is 556 g/mol. The lowest BCUT2D eigenvalue weighted by molar-refractivity contribution is -0.718. The van der Waals surface area contributed by atoms with Crippen molar-refractivity contribution in [2.24, 2.45) is 14.1 Å². The fourth-order valence-corrected chi connectivity index (χ4v) is 1.83. The quantitative estimate of drug-likeness (QED) is 0.0570. The van der Waals surface area contributed by atoms with Gasteiger partial charge in [-0.15, -0.1) is 9.36 Å². The summed E-state index contributed by atoms with van der Waals surface area (Å²) in [4.78, 5) is 38.5. The van der Waals surface area contributed by atoms with Crippen LogP contribution in [0.5, 0.6) is 0 Å². The van der Waals surface area contributed by atoms with Crippen LogP contribution in [0, 0.1) is 40.5 Å². The van der Waals surface area contributed by atoms with Gasteiger partial charge in [0.1, 0.15) is 10.4 Å². The summed E-state index contributed by atoms with van der Waals surface area (Å²) in [6.07, 6.45) is 0. The molecule has 0 spiro atoms. The van der Waals surface area contributed by atoms with E-state index in [0.29, 0.717) is 11.9 Å². The Kier molecular flexibility index (Phi) is 9.90. The van der Waals surface area contributed by atoms with Gasteiger partial charge in [-0.05, 0) is 20.0 Å². The van der Waals surface area contributed by atoms with Crippen LogP contribution in [0.15, 0.2) is 0 Å². The molecule has 30 nitrogen and oxygen atoms in total. The summed E-state index contributed by atoms with van der Waals surface area (Å²) >= 11 is 0. The normalized spacial score (nSPS) is 9.65. The first-order valence-corrected chi connectivity index (χ1v) is 9.31. The monoisotopic (exact) mass is 574 g/mol. The number of rotatable bonds is 4. The van der Waals surface area contributed by atoms with Crippen LogP contribution in [0.2, 0.25) is 0 Å². The topological polar surface area (TPSA) is 452 Å². The van der Waals surface area contributed by atoms with Crippen LogP contribution >= 0.6 is 0 Å². The van der Waals surface area contributed by atoms with Gasteiger partial charge >= 0.3 is 23.5 Å². The first-order valence-electron chi connectivity index (χ1n) is 9.31. The summed E-state index contributed by atoms with van der Waals surface area (Å²) in [7, 11) is 3.32. The number of hydrogen-bond donors (Lipinski definition) is 6. The molecule has 216 valence electrons. The van der Waals surface area contributed by atoms with Gasteiger partial charge in [-0.1, -0.05) is 0 Å². The third-order valence-electron chi connectivity index (χ3n) is 3.81. The van der Waals surface area contributed by atoms with Crippen LogP contribution in [0.4, 0.5) is 46.5 Å². The third-order valence-corrected chi connectivity index (χ3v) is 3.81. The highest BCUT2D eigenvalue weighted by atomic mass is 16.6. The lowest BCUT2D eigenvalue weighted by Gasteiger charge is -1.98. The van der Waals surface area contributed by atoms with Gasteiger partial charge in [0.2, 0.25) is 11.6 Å². The summed E-state index contributed by atoms with van der Waals surface area (Å²) in [6, 6.07) is 0. The molecule has 4 aromatic heterocycles.